The molecule has 130 valence electrons. The largest absolute Gasteiger partial charge is 0.396 e. The van der Waals surface area contributed by atoms with Crippen LogP contribution >= 0.6 is 0 Å². The predicted octanol–water partition coefficient (Wildman–Crippen LogP) is 2.11. The summed E-state index contributed by atoms with van der Waals surface area (Å²) in [7, 11) is 0. The van der Waals surface area contributed by atoms with Crippen LogP contribution in [0, 0.1) is 5.92 Å². The van der Waals surface area contributed by atoms with E-state index in [1.807, 2.05) is 43.0 Å². The highest BCUT2D eigenvalue weighted by atomic mass is 16.3. The Morgan fingerprint density at radius 2 is 1.83 bits per heavy atom. The van der Waals surface area contributed by atoms with Crippen LogP contribution in [0.3, 0.4) is 0 Å². The summed E-state index contributed by atoms with van der Waals surface area (Å²) in [5, 5.41) is 12.0. The monoisotopic (exact) mass is 330 g/mol. The molecule has 0 unspecified atom stereocenters. The van der Waals surface area contributed by atoms with Gasteiger partial charge in [0.1, 0.15) is 0 Å². The number of carbonyl (C=O) groups is 2. The van der Waals surface area contributed by atoms with Crippen LogP contribution < -0.4 is 5.32 Å². The molecule has 1 heterocycles. The second-order valence-electron chi connectivity index (χ2n) is 6.55. The molecular formula is C19H26N2O3. The molecule has 2 rings (SSSR count). The first kappa shape index (κ1) is 18.2. The van der Waals surface area contributed by atoms with E-state index in [0.29, 0.717) is 31.1 Å². The van der Waals surface area contributed by atoms with Gasteiger partial charge in [-0.1, -0.05) is 17.7 Å². The van der Waals surface area contributed by atoms with Gasteiger partial charge in [-0.25, -0.2) is 0 Å². The molecule has 0 aromatic heterocycles. The van der Waals surface area contributed by atoms with Gasteiger partial charge in [0.15, 0.2) is 0 Å². The number of allylic oxidation sites excluding steroid dienone is 1. The average Bonchev–Trinajstić information content (AvgIpc) is 2.59. The molecule has 0 radical (unpaired) electrons. The van der Waals surface area contributed by atoms with Crippen molar-refractivity contribution in [1.82, 2.24) is 10.2 Å². The van der Waals surface area contributed by atoms with Crippen molar-refractivity contribution in [2.45, 2.75) is 33.2 Å². The number of nitrogens with zero attached hydrogens (tertiary/aromatic N) is 1. The smallest absolute Gasteiger partial charge is 0.253 e. The Morgan fingerprint density at radius 3 is 2.38 bits per heavy atom. The zero-order valence-electron chi connectivity index (χ0n) is 14.4. The second kappa shape index (κ2) is 8.64. The first-order valence-electron chi connectivity index (χ1n) is 8.41. The zero-order chi connectivity index (χ0) is 17.5. The summed E-state index contributed by atoms with van der Waals surface area (Å²) >= 11 is 0. The van der Waals surface area contributed by atoms with Gasteiger partial charge in [0, 0.05) is 37.9 Å². The van der Waals surface area contributed by atoms with Gasteiger partial charge in [-0.2, -0.15) is 0 Å². The van der Waals surface area contributed by atoms with Crippen LogP contribution in [0.1, 0.15) is 42.6 Å². The molecule has 0 aliphatic carbocycles. The maximum absolute atomic E-state index is 12.5. The number of likely N-dealkylation sites (tertiary alicyclic amines) is 1. The molecule has 0 spiro atoms. The molecule has 2 amide bonds. The van der Waals surface area contributed by atoms with Crippen molar-refractivity contribution in [3.05, 3.63) is 47.0 Å². The topological polar surface area (TPSA) is 69.6 Å². The van der Waals surface area contributed by atoms with Gasteiger partial charge in [-0.15, -0.1) is 0 Å². The number of nitrogens with one attached hydrogen (secondary N) is 1. The summed E-state index contributed by atoms with van der Waals surface area (Å²) < 4.78 is 0. The number of aliphatic hydroxyl groups excluding tert-OH is 1. The summed E-state index contributed by atoms with van der Waals surface area (Å²) in [6.45, 7) is 5.80. The van der Waals surface area contributed by atoms with Gasteiger partial charge in [0.2, 0.25) is 5.91 Å². The molecule has 1 aromatic rings. The van der Waals surface area contributed by atoms with Crippen LogP contribution in [-0.4, -0.2) is 41.5 Å². The fraction of sp³-hybridized carbons (Fsp3) is 0.474. The predicted molar refractivity (Wildman–Crippen MR) is 93.4 cm³/mol. The Balaban J connectivity index is 1.88. The standard InChI is InChI=1S/C19H26N2O3/c1-14(2)11-18(23)20-12-15-3-5-17(6-4-15)19(24)21-9-7-16(13-22)8-10-21/h3-6,11,16,22H,7-10,12-13H2,1-2H3,(H,20,23). The minimum Gasteiger partial charge on any atom is -0.396 e. The van der Waals surface area contributed by atoms with Gasteiger partial charge < -0.3 is 15.3 Å². The number of aliphatic hydroxyl groups is 1. The third-order valence-electron chi connectivity index (χ3n) is 4.25. The van der Waals surface area contributed by atoms with Gasteiger partial charge >= 0.3 is 0 Å². The number of piperidine rings is 1. The molecule has 0 atom stereocenters. The Hall–Kier alpha value is -2.14. The van der Waals surface area contributed by atoms with E-state index in [1.165, 1.54) is 0 Å². The van der Waals surface area contributed by atoms with E-state index in [1.54, 1.807) is 6.08 Å². The van der Waals surface area contributed by atoms with Crippen molar-refractivity contribution >= 4 is 11.8 Å². The average molecular weight is 330 g/mol. The van der Waals surface area contributed by atoms with Crippen LogP contribution in [0.15, 0.2) is 35.9 Å². The zero-order valence-corrected chi connectivity index (χ0v) is 14.4. The van der Waals surface area contributed by atoms with Crippen molar-refractivity contribution in [2.24, 2.45) is 5.92 Å². The summed E-state index contributed by atoms with van der Waals surface area (Å²) in [6, 6.07) is 7.36. The molecule has 0 saturated carbocycles. The Labute approximate surface area is 143 Å². The van der Waals surface area contributed by atoms with Crippen LogP contribution in [0.25, 0.3) is 0 Å². The van der Waals surface area contributed by atoms with Gasteiger partial charge in [-0.05, 0) is 50.3 Å². The molecule has 1 fully saturated rings. The summed E-state index contributed by atoms with van der Waals surface area (Å²) in [5.74, 6) is 0.245. The lowest BCUT2D eigenvalue weighted by molar-refractivity contribution is -0.116. The number of rotatable bonds is 5. The van der Waals surface area contributed by atoms with Crippen LogP contribution in [0.2, 0.25) is 0 Å². The van der Waals surface area contributed by atoms with Crippen molar-refractivity contribution in [3.63, 3.8) is 0 Å². The molecule has 5 heteroatoms. The van der Waals surface area contributed by atoms with E-state index >= 15 is 0 Å². The Morgan fingerprint density at radius 1 is 1.21 bits per heavy atom. The van der Waals surface area contributed by atoms with E-state index < -0.39 is 0 Å². The lowest BCUT2D eigenvalue weighted by atomic mass is 9.97. The van der Waals surface area contributed by atoms with E-state index in [2.05, 4.69) is 5.32 Å². The number of hydrogen-bond donors (Lipinski definition) is 2. The number of amides is 2. The van der Waals surface area contributed by atoms with Gasteiger partial charge in [-0.3, -0.25) is 9.59 Å². The number of hydrogen-bond acceptors (Lipinski definition) is 3. The molecule has 0 bridgehead atoms. The first-order chi connectivity index (χ1) is 11.5. The highest BCUT2D eigenvalue weighted by Crippen LogP contribution is 2.18. The van der Waals surface area contributed by atoms with Crippen molar-refractivity contribution < 1.29 is 14.7 Å². The second-order valence-corrected chi connectivity index (χ2v) is 6.55. The molecular weight excluding hydrogens is 304 g/mol. The fourth-order valence-corrected chi connectivity index (χ4v) is 2.77. The molecule has 24 heavy (non-hydrogen) atoms. The van der Waals surface area contributed by atoms with Crippen LogP contribution in [0.4, 0.5) is 0 Å². The van der Waals surface area contributed by atoms with E-state index in [0.717, 1.165) is 24.0 Å². The van der Waals surface area contributed by atoms with Gasteiger partial charge in [0.05, 0.1) is 0 Å². The Kier molecular flexibility index (Phi) is 6.55. The van der Waals surface area contributed by atoms with Crippen LogP contribution in [-0.2, 0) is 11.3 Å². The van der Waals surface area contributed by atoms with Crippen molar-refractivity contribution in [1.29, 1.82) is 0 Å². The normalized spacial score (nSPS) is 15.0. The third-order valence-corrected chi connectivity index (χ3v) is 4.25. The molecule has 1 aliphatic rings. The summed E-state index contributed by atoms with van der Waals surface area (Å²) in [5.41, 5.74) is 2.58. The lowest BCUT2D eigenvalue weighted by Gasteiger charge is -2.31. The number of carbonyl (C=O) groups excluding carboxylic acids is 2. The highest BCUT2D eigenvalue weighted by molar-refractivity contribution is 5.94. The lowest BCUT2D eigenvalue weighted by Crippen LogP contribution is -2.39. The SMILES string of the molecule is CC(C)=CC(=O)NCc1ccc(C(=O)N2CCC(CO)CC2)cc1. The molecule has 2 N–H and O–H groups in total. The van der Waals surface area contributed by atoms with E-state index in [-0.39, 0.29) is 18.4 Å². The minimum atomic E-state index is -0.109. The van der Waals surface area contributed by atoms with E-state index in [4.69, 9.17) is 5.11 Å². The molecule has 5 nitrogen and oxygen atoms in total. The first-order valence-corrected chi connectivity index (χ1v) is 8.41. The molecule has 1 saturated heterocycles. The van der Waals surface area contributed by atoms with Crippen molar-refractivity contribution in [2.75, 3.05) is 19.7 Å². The fourth-order valence-electron chi connectivity index (χ4n) is 2.77. The summed E-state index contributed by atoms with van der Waals surface area (Å²) in [4.78, 5) is 25.9. The molecule has 1 aromatic carbocycles. The quantitative estimate of drug-likeness (QED) is 0.813. The minimum absolute atomic E-state index is 0.0338. The van der Waals surface area contributed by atoms with Crippen LogP contribution in [0.5, 0.6) is 0 Å². The third kappa shape index (κ3) is 5.20. The number of benzene rings is 1. The highest BCUT2D eigenvalue weighted by Gasteiger charge is 2.23. The van der Waals surface area contributed by atoms with Gasteiger partial charge in [0.25, 0.3) is 5.91 Å². The van der Waals surface area contributed by atoms with Crippen molar-refractivity contribution in [3.8, 4) is 0 Å². The maximum Gasteiger partial charge on any atom is 0.253 e. The Bertz CT molecular complexity index is 596. The van der Waals surface area contributed by atoms with E-state index in [9.17, 15) is 9.59 Å². The summed E-state index contributed by atoms with van der Waals surface area (Å²) in [6.07, 6.45) is 3.28. The molecule has 1 aliphatic heterocycles. The maximum atomic E-state index is 12.5.